The van der Waals surface area contributed by atoms with Crippen molar-refractivity contribution in [3.63, 3.8) is 0 Å². The molecule has 1 aliphatic heterocycles. The molecule has 3 aromatic rings. The number of aliphatic hydroxyl groups is 1. The Bertz CT molecular complexity index is 1160. The minimum absolute atomic E-state index is 0.358. The second-order valence-corrected chi connectivity index (χ2v) is 11.0. The zero-order chi connectivity index (χ0) is 24.1. The predicted octanol–water partition coefficient (Wildman–Crippen LogP) is 4.12. The van der Waals surface area contributed by atoms with Gasteiger partial charge < -0.3 is 19.3 Å². The van der Waals surface area contributed by atoms with Gasteiger partial charge in [0.1, 0.15) is 5.60 Å². The van der Waals surface area contributed by atoms with Crippen LogP contribution < -0.4 is 0 Å². The fourth-order valence-corrected chi connectivity index (χ4v) is 5.45. The number of hydrogen-bond donors (Lipinski definition) is 1. The van der Waals surface area contributed by atoms with Crippen molar-refractivity contribution in [2.75, 3.05) is 33.9 Å². The van der Waals surface area contributed by atoms with Gasteiger partial charge in [-0.25, -0.2) is 0 Å². The molecule has 7 heteroatoms. The van der Waals surface area contributed by atoms with Crippen molar-refractivity contribution in [1.29, 1.82) is 0 Å². The van der Waals surface area contributed by atoms with Crippen LogP contribution in [-0.2, 0) is 15.8 Å². The van der Waals surface area contributed by atoms with Crippen molar-refractivity contribution >= 4 is 0 Å². The number of pyridine rings is 1. The Morgan fingerprint density at radius 1 is 1.15 bits per heavy atom. The molecule has 2 fully saturated rings. The van der Waals surface area contributed by atoms with E-state index in [1.165, 1.54) is 18.4 Å². The Kier molecular flexibility index (Phi) is 5.62. The van der Waals surface area contributed by atoms with Gasteiger partial charge in [0.15, 0.2) is 5.82 Å². The maximum Gasteiger partial charge on any atom is 0.259 e. The number of benzene rings is 1. The van der Waals surface area contributed by atoms with Crippen molar-refractivity contribution in [3.8, 4) is 11.5 Å². The average molecular weight is 463 g/mol. The van der Waals surface area contributed by atoms with E-state index in [0.29, 0.717) is 29.8 Å². The van der Waals surface area contributed by atoms with Gasteiger partial charge in [-0.3, -0.25) is 4.98 Å². The molecule has 1 atom stereocenters. The molecule has 3 heterocycles. The standard InChI is InChI=1S/C27H34N4O3/c1-25(2,17-33-5)24-29-23(34-30-24)20-12-22(14-28-13-20)27(32,26(3)15-31(4)16-26)21-10-8-19(9-11-21)18-6-7-18/h8-14,18,32H,6-7,15-17H2,1-5H3/t27-/m0/s1. The maximum absolute atomic E-state index is 12.4. The van der Waals surface area contributed by atoms with Crippen LogP contribution in [0.15, 0.2) is 47.2 Å². The highest BCUT2D eigenvalue weighted by Gasteiger charge is 2.55. The van der Waals surface area contributed by atoms with Gasteiger partial charge in [0.05, 0.1) is 17.6 Å². The van der Waals surface area contributed by atoms with Crippen LogP contribution in [0.4, 0.5) is 0 Å². The molecule has 1 saturated carbocycles. The molecule has 7 nitrogen and oxygen atoms in total. The van der Waals surface area contributed by atoms with Gasteiger partial charge in [0.2, 0.25) is 0 Å². The van der Waals surface area contributed by atoms with Crippen LogP contribution in [0, 0.1) is 5.41 Å². The van der Waals surface area contributed by atoms with Crippen molar-refractivity contribution in [2.45, 2.75) is 50.5 Å². The number of nitrogens with zero attached hydrogens (tertiary/aromatic N) is 4. The fourth-order valence-electron chi connectivity index (χ4n) is 5.45. The first-order chi connectivity index (χ1) is 16.2. The van der Waals surface area contributed by atoms with Crippen molar-refractivity contribution in [2.24, 2.45) is 5.41 Å². The van der Waals surface area contributed by atoms with E-state index < -0.39 is 5.60 Å². The van der Waals surface area contributed by atoms with Gasteiger partial charge in [0.25, 0.3) is 5.89 Å². The highest BCUT2D eigenvalue weighted by atomic mass is 16.5. The monoisotopic (exact) mass is 462 g/mol. The summed E-state index contributed by atoms with van der Waals surface area (Å²) >= 11 is 0. The molecule has 0 amide bonds. The van der Waals surface area contributed by atoms with Gasteiger partial charge >= 0.3 is 0 Å². The molecule has 1 saturated heterocycles. The first kappa shape index (κ1) is 23.1. The van der Waals surface area contributed by atoms with E-state index in [2.05, 4.69) is 58.3 Å². The fraction of sp³-hybridized carbons (Fsp3) is 0.519. The Morgan fingerprint density at radius 3 is 2.47 bits per heavy atom. The number of methoxy groups -OCH3 is 1. The molecule has 1 aromatic carbocycles. The van der Waals surface area contributed by atoms with Crippen LogP contribution >= 0.6 is 0 Å². The molecule has 5 rings (SSSR count). The van der Waals surface area contributed by atoms with E-state index in [9.17, 15) is 5.11 Å². The third kappa shape index (κ3) is 3.85. The third-order valence-corrected chi connectivity index (χ3v) is 7.43. The van der Waals surface area contributed by atoms with Crippen molar-refractivity contribution in [1.82, 2.24) is 20.0 Å². The molecule has 34 heavy (non-hydrogen) atoms. The van der Waals surface area contributed by atoms with Crippen LogP contribution in [-0.4, -0.2) is 59.0 Å². The minimum Gasteiger partial charge on any atom is -0.384 e. The number of ether oxygens (including phenoxy) is 1. The summed E-state index contributed by atoms with van der Waals surface area (Å²) in [4.78, 5) is 11.3. The van der Waals surface area contributed by atoms with Gasteiger partial charge in [-0.05, 0) is 43.0 Å². The molecule has 0 unspecified atom stereocenters. The zero-order valence-corrected chi connectivity index (χ0v) is 20.7. The second-order valence-electron chi connectivity index (χ2n) is 11.0. The minimum atomic E-state index is -1.21. The van der Waals surface area contributed by atoms with Gasteiger partial charge in [-0.15, -0.1) is 0 Å². The molecule has 0 bridgehead atoms. The second kappa shape index (κ2) is 8.26. The van der Waals surface area contributed by atoms with Gasteiger partial charge in [-0.1, -0.05) is 50.2 Å². The highest BCUT2D eigenvalue weighted by Crippen LogP contribution is 2.51. The normalized spacial score (nSPS) is 20.1. The lowest BCUT2D eigenvalue weighted by Gasteiger charge is -2.55. The topological polar surface area (TPSA) is 84.5 Å². The highest BCUT2D eigenvalue weighted by molar-refractivity contribution is 5.55. The van der Waals surface area contributed by atoms with E-state index in [-0.39, 0.29) is 10.8 Å². The molecular weight excluding hydrogens is 428 g/mol. The maximum atomic E-state index is 12.4. The van der Waals surface area contributed by atoms with Crippen LogP contribution in [0.5, 0.6) is 0 Å². The largest absolute Gasteiger partial charge is 0.384 e. The van der Waals surface area contributed by atoms with Crippen LogP contribution in [0.3, 0.4) is 0 Å². The molecule has 1 aliphatic carbocycles. The zero-order valence-electron chi connectivity index (χ0n) is 20.7. The van der Waals surface area contributed by atoms with Crippen LogP contribution in [0.1, 0.15) is 62.0 Å². The summed E-state index contributed by atoms with van der Waals surface area (Å²) in [7, 11) is 3.74. The summed E-state index contributed by atoms with van der Waals surface area (Å²) in [5, 5.41) is 16.6. The van der Waals surface area contributed by atoms with Crippen LogP contribution in [0.25, 0.3) is 11.5 Å². The van der Waals surface area contributed by atoms with E-state index >= 15 is 0 Å². The first-order valence-corrected chi connectivity index (χ1v) is 12.0. The number of aromatic nitrogens is 3. The smallest absolute Gasteiger partial charge is 0.259 e. The van der Waals surface area contributed by atoms with Crippen molar-refractivity contribution < 1.29 is 14.4 Å². The van der Waals surface area contributed by atoms with E-state index in [0.717, 1.165) is 24.2 Å². The molecular formula is C27H34N4O3. The molecule has 1 N–H and O–H groups in total. The average Bonchev–Trinajstić information content (AvgIpc) is 3.53. The Hall–Kier alpha value is -2.61. The SMILES string of the molecule is COCC(C)(C)c1noc(-c2cncc([C@@](O)(c3ccc(C4CC4)cc3)C3(C)CN(C)C3)c2)n1. The molecule has 0 spiro atoms. The Morgan fingerprint density at radius 2 is 1.85 bits per heavy atom. The van der Waals surface area contributed by atoms with Crippen molar-refractivity contribution in [3.05, 3.63) is 65.2 Å². The molecule has 2 aliphatic rings. The summed E-state index contributed by atoms with van der Waals surface area (Å²) in [6.45, 7) is 8.22. The van der Waals surface area contributed by atoms with Gasteiger partial charge in [-0.2, -0.15) is 4.98 Å². The summed E-state index contributed by atoms with van der Waals surface area (Å²) in [6.07, 6.45) is 5.97. The summed E-state index contributed by atoms with van der Waals surface area (Å²) in [5.41, 5.74) is 1.72. The number of likely N-dealkylation sites (tertiary alicyclic amines) is 1. The molecule has 2 aromatic heterocycles. The Balaban J connectivity index is 1.54. The lowest BCUT2D eigenvalue weighted by Crippen LogP contribution is -2.63. The number of rotatable bonds is 8. The predicted molar refractivity (Wildman–Crippen MR) is 129 cm³/mol. The van der Waals surface area contributed by atoms with E-state index in [1.807, 2.05) is 19.9 Å². The van der Waals surface area contributed by atoms with Crippen LogP contribution in [0.2, 0.25) is 0 Å². The first-order valence-electron chi connectivity index (χ1n) is 12.0. The lowest BCUT2D eigenvalue weighted by atomic mass is 9.62. The lowest BCUT2D eigenvalue weighted by molar-refractivity contribution is -0.127. The summed E-state index contributed by atoms with van der Waals surface area (Å²) in [6, 6.07) is 10.4. The summed E-state index contributed by atoms with van der Waals surface area (Å²) < 4.78 is 10.9. The number of hydrogen-bond acceptors (Lipinski definition) is 7. The molecule has 180 valence electrons. The molecule has 0 radical (unpaired) electrons. The van der Waals surface area contributed by atoms with E-state index in [4.69, 9.17) is 9.26 Å². The summed E-state index contributed by atoms with van der Waals surface area (Å²) in [5.74, 6) is 1.63. The quantitative estimate of drug-likeness (QED) is 0.539. The third-order valence-electron chi connectivity index (χ3n) is 7.43. The Labute approximate surface area is 201 Å². The van der Waals surface area contributed by atoms with Gasteiger partial charge in [0, 0.05) is 43.6 Å². The van der Waals surface area contributed by atoms with E-state index in [1.54, 1.807) is 19.5 Å².